The molecule has 0 bridgehead atoms. The highest BCUT2D eigenvalue weighted by atomic mass is 32.2. The molecule has 0 aliphatic heterocycles. The Morgan fingerprint density at radius 1 is 1.18 bits per heavy atom. The minimum absolute atomic E-state index is 0.0638. The number of aliphatic imine (C=N–C) groups is 1. The van der Waals surface area contributed by atoms with Crippen molar-refractivity contribution >= 4 is 18.1 Å². The van der Waals surface area contributed by atoms with Gasteiger partial charge in [-0.3, -0.25) is 0 Å². The molecule has 7 nitrogen and oxygen atoms in total. The van der Waals surface area contributed by atoms with E-state index in [-0.39, 0.29) is 35.7 Å². The van der Waals surface area contributed by atoms with Crippen molar-refractivity contribution in [1.82, 2.24) is 16.0 Å². The van der Waals surface area contributed by atoms with Gasteiger partial charge in [-0.05, 0) is 67.5 Å². The van der Waals surface area contributed by atoms with E-state index in [2.05, 4.69) is 40.0 Å². The molecule has 0 amide bonds. The summed E-state index contributed by atoms with van der Waals surface area (Å²) in [5.74, 6) is 0.555. The van der Waals surface area contributed by atoms with Crippen molar-refractivity contribution in [2.75, 3.05) is 20.6 Å². The number of hydrogen-bond donors (Lipinski definition) is 5. The first kappa shape index (κ1) is 26.2. The Morgan fingerprint density at radius 2 is 1.85 bits per heavy atom. The van der Waals surface area contributed by atoms with E-state index in [9.17, 15) is 8.99 Å². The van der Waals surface area contributed by atoms with Crippen LogP contribution >= 0.6 is 12.4 Å². The maximum atomic E-state index is 12.3. The van der Waals surface area contributed by atoms with Crippen LogP contribution in [-0.2, 0) is 6.54 Å². The Kier molecular flexibility index (Phi) is 10.8. The van der Waals surface area contributed by atoms with Gasteiger partial charge in [0.1, 0.15) is 23.0 Å². The fraction of sp³-hybridized carbons (Fsp3) is 0.292. The minimum Gasteiger partial charge on any atom is -0.506 e. The van der Waals surface area contributed by atoms with Gasteiger partial charge < -0.3 is 31.0 Å². The molecular weight excluding hydrogens is 441 g/mol. The molecular formula is C24H32FN5O2S. The van der Waals surface area contributed by atoms with Gasteiger partial charge in [0.2, 0.25) is 0 Å². The number of likely N-dealkylation sites (N-methyl/N-ethyl adjacent to an activating group) is 1. The Bertz CT molecular complexity index is 975. The maximum absolute atomic E-state index is 12.3. The summed E-state index contributed by atoms with van der Waals surface area (Å²) >= 11 is -0.212. The summed E-state index contributed by atoms with van der Waals surface area (Å²) in [6.45, 7) is 5.59. The summed E-state index contributed by atoms with van der Waals surface area (Å²) in [7, 11) is 3.48. The van der Waals surface area contributed by atoms with E-state index in [0.29, 0.717) is 11.5 Å². The molecule has 2 aromatic rings. The van der Waals surface area contributed by atoms with Gasteiger partial charge in [-0.15, -0.1) is 3.89 Å². The SMILES string of the molecule is CCNCc1ccc(C(/C=C(O)/C(N=C(C)c2ccc(OSF)cc2)=C(/N)NC)NC)cc1. The van der Waals surface area contributed by atoms with Crippen LogP contribution in [0.3, 0.4) is 0 Å². The molecule has 0 saturated carbocycles. The topological polar surface area (TPSA) is 104 Å². The lowest BCUT2D eigenvalue weighted by molar-refractivity contribution is 0.413. The quantitative estimate of drug-likeness (QED) is 0.136. The van der Waals surface area contributed by atoms with E-state index in [1.807, 2.05) is 19.2 Å². The van der Waals surface area contributed by atoms with Crippen LogP contribution in [0.5, 0.6) is 5.75 Å². The van der Waals surface area contributed by atoms with Gasteiger partial charge in [0.15, 0.2) is 0 Å². The second kappa shape index (κ2) is 13.5. The second-order valence-electron chi connectivity index (χ2n) is 7.22. The van der Waals surface area contributed by atoms with Gasteiger partial charge in [0, 0.05) is 19.3 Å². The molecule has 2 aromatic carbocycles. The van der Waals surface area contributed by atoms with Gasteiger partial charge in [-0.2, -0.15) is 0 Å². The van der Waals surface area contributed by atoms with Crippen molar-refractivity contribution in [3.8, 4) is 5.75 Å². The van der Waals surface area contributed by atoms with Crippen molar-refractivity contribution in [2.24, 2.45) is 10.7 Å². The van der Waals surface area contributed by atoms with Crippen LogP contribution in [0.4, 0.5) is 3.89 Å². The van der Waals surface area contributed by atoms with Gasteiger partial charge in [0.25, 0.3) is 12.4 Å². The molecule has 0 heterocycles. The van der Waals surface area contributed by atoms with Crippen LogP contribution in [0.2, 0.25) is 0 Å². The highest BCUT2D eigenvalue weighted by molar-refractivity contribution is 7.89. The number of benzene rings is 2. The number of aliphatic hydroxyl groups is 1. The molecule has 0 fully saturated rings. The van der Waals surface area contributed by atoms with Crippen LogP contribution in [0.1, 0.15) is 36.6 Å². The molecule has 0 aliphatic rings. The fourth-order valence-electron chi connectivity index (χ4n) is 3.09. The van der Waals surface area contributed by atoms with Crippen molar-refractivity contribution in [3.05, 3.63) is 88.6 Å². The van der Waals surface area contributed by atoms with Crippen LogP contribution in [0, 0.1) is 0 Å². The monoisotopic (exact) mass is 473 g/mol. The Labute approximate surface area is 199 Å². The third-order valence-electron chi connectivity index (χ3n) is 5.00. The normalized spacial score (nSPS) is 14.0. The number of nitrogens with two attached hydrogens (primary N) is 1. The van der Waals surface area contributed by atoms with Crippen LogP contribution in [-0.4, -0.2) is 31.5 Å². The van der Waals surface area contributed by atoms with Crippen molar-refractivity contribution in [1.29, 1.82) is 0 Å². The first-order chi connectivity index (χ1) is 15.9. The molecule has 0 spiro atoms. The third-order valence-corrected chi connectivity index (χ3v) is 5.26. The van der Waals surface area contributed by atoms with Gasteiger partial charge in [0.05, 0.1) is 6.04 Å². The molecule has 0 aliphatic carbocycles. The summed E-state index contributed by atoms with van der Waals surface area (Å²) in [5.41, 5.74) is 9.90. The van der Waals surface area contributed by atoms with Crippen LogP contribution < -0.4 is 25.9 Å². The zero-order chi connectivity index (χ0) is 24.2. The van der Waals surface area contributed by atoms with Crippen molar-refractivity contribution < 1.29 is 13.2 Å². The predicted octanol–water partition coefficient (Wildman–Crippen LogP) is 4.27. The zero-order valence-corrected chi connectivity index (χ0v) is 20.2. The summed E-state index contributed by atoms with van der Waals surface area (Å²) in [4.78, 5) is 4.56. The average molecular weight is 474 g/mol. The van der Waals surface area contributed by atoms with Crippen LogP contribution in [0.25, 0.3) is 0 Å². The summed E-state index contributed by atoms with van der Waals surface area (Å²) in [6.07, 6.45) is 1.67. The maximum Gasteiger partial charge on any atom is 0.272 e. The first-order valence-corrected chi connectivity index (χ1v) is 11.2. The van der Waals surface area contributed by atoms with E-state index in [4.69, 9.17) is 9.92 Å². The molecule has 9 heteroatoms. The summed E-state index contributed by atoms with van der Waals surface area (Å²) in [6, 6.07) is 14.7. The molecule has 0 aromatic heterocycles. The van der Waals surface area contributed by atoms with Crippen molar-refractivity contribution in [3.63, 3.8) is 0 Å². The van der Waals surface area contributed by atoms with E-state index < -0.39 is 0 Å². The lowest BCUT2D eigenvalue weighted by atomic mass is 10.0. The molecule has 6 N–H and O–H groups in total. The smallest absolute Gasteiger partial charge is 0.272 e. The summed E-state index contributed by atoms with van der Waals surface area (Å²) < 4.78 is 17.0. The number of nitrogens with zero attached hydrogens (tertiary/aromatic N) is 1. The lowest BCUT2D eigenvalue weighted by Crippen LogP contribution is -2.20. The predicted molar refractivity (Wildman–Crippen MR) is 135 cm³/mol. The van der Waals surface area contributed by atoms with Crippen molar-refractivity contribution in [2.45, 2.75) is 26.4 Å². The number of rotatable bonds is 12. The molecule has 178 valence electrons. The molecule has 0 saturated heterocycles. The molecule has 33 heavy (non-hydrogen) atoms. The van der Waals surface area contributed by atoms with E-state index >= 15 is 0 Å². The average Bonchev–Trinajstić information content (AvgIpc) is 2.84. The lowest BCUT2D eigenvalue weighted by Gasteiger charge is -2.15. The largest absolute Gasteiger partial charge is 0.506 e. The van der Waals surface area contributed by atoms with E-state index in [1.165, 1.54) is 5.56 Å². The van der Waals surface area contributed by atoms with Gasteiger partial charge >= 0.3 is 0 Å². The molecule has 1 atom stereocenters. The van der Waals surface area contributed by atoms with Gasteiger partial charge in [-0.25, -0.2) is 4.99 Å². The highest BCUT2D eigenvalue weighted by Gasteiger charge is 2.14. The minimum atomic E-state index is -0.247. The van der Waals surface area contributed by atoms with Gasteiger partial charge in [-0.1, -0.05) is 31.2 Å². The first-order valence-electron chi connectivity index (χ1n) is 10.6. The Morgan fingerprint density at radius 3 is 2.39 bits per heavy atom. The fourth-order valence-corrected chi connectivity index (χ4v) is 3.27. The van der Waals surface area contributed by atoms with E-state index in [1.54, 1.807) is 44.3 Å². The second-order valence-corrected chi connectivity index (χ2v) is 7.51. The van der Waals surface area contributed by atoms with Crippen LogP contribution in [0.15, 0.2) is 76.9 Å². The number of hydrogen-bond acceptors (Lipinski definition) is 8. The molecule has 0 radical (unpaired) electrons. The summed E-state index contributed by atoms with van der Waals surface area (Å²) in [5, 5.41) is 20.3. The Hall–Kier alpha value is -3.01. The number of aliphatic hydroxyl groups excluding tert-OH is 1. The number of nitrogens with one attached hydrogen (secondary N) is 3. The number of halogens is 1. The standard InChI is InChI=1S/C24H32FN5O2S/c1-5-29-15-17-6-8-19(9-7-17)21(27-3)14-22(31)23(24(26)28-4)30-16(2)18-10-12-20(13-11-18)32-33-25/h6-14,21,27-29,31H,5,15,26H2,1-4H3/b22-14-,24-23+,30-16?. The molecule has 2 rings (SSSR count). The Balaban J connectivity index is 2.31. The zero-order valence-electron chi connectivity index (χ0n) is 19.4. The third kappa shape index (κ3) is 7.81. The van der Waals surface area contributed by atoms with E-state index in [0.717, 1.165) is 24.2 Å². The molecule has 1 unspecified atom stereocenters. The highest BCUT2D eigenvalue weighted by Crippen LogP contribution is 2.22.